The van der Waals surface area contributed by atoms with Crippen molar-refractivity contribution < 1.29 is 9.53 Å². The summed E-state index contributed by atoms with van der Waals surface area (Å²) in [6.45, 7) is 10.5. The minimum atomic E-state index is 0.246. The largest absolute Gasteiger partial charge is 0.362 e. The lowest BCUT2D eigenvalue weighted by Crippen LogP contribution is -2.40. The van der Waals surface area contributed by atoms with Crippen LogP contribution < -0.4 is 0 Å². The average molecular weight is 228 g/mol. The second-order valence-corrected chi connectivity index (χ2v) is 4.10. The van der Waals surface area contributed by atoms with E-state index < -0.39 is 0 Å². The molecule has 0 saturated carbocycles. The number of rotatable bonds is 6. The van der Waals surface area contributed by atoms with Crippen LogP contribution in [0.25, 0.3) is 0 Å². The first-order chi connectivity index (χ1) is 7.72. The first-order valence-corrected chi connectivity index (χ1v) is 6.36. The van der Waals surface area contributed by atoms with E-state index >= 15 is 0 Å². The summed E-state index contributed by atoms with van der Waals surface area (Å²) < 4.78 is 5.59. The lowest BCUT2D eigenvalue weighted by Gasteiger charge is -2.26. The van der Waals surface area contributed by atoms with Gasteiger partial charge in [0.05, 0.1) is 6.61 Å². The molecule has 1 aliphatic heterocycles. The molecule has 1 amide bonds. The number of hydrogen-bond donors (Lipinski definition) is 0. The Morgan fingerprint density at radius 2 is 2.19 bits per heavy atom. The molecule has 0 N–H and O–H groups in total. The van der Waals surface area contributed by atoms with Gasteiger partial charge in [-0.15, -0.1) is 0 Å². The number of ether oxygens (including phenoxy) is 1. The normalized spacial score (nSPS) is 21.3. The topological polar surface area (TPSA) is 32.8 Å². The Balaban J connectivity index is 2.34. The van der Waals surface area contributed by atoms with Gasteiger partial charge < -0.3 is 9.64 Å². The van der Waals surface area contributed by atoms with Crippen molar-refractivity contribution in [2.24, 2.45) is 0 Å². The first kappa shape index (κ1) is 13.5. The van der Waals surface area contributed by atoms with Gasteiger partial charge in [-0.05, 0) is 13.3 Å². The van der Waals surface area contributed by atoms with Crippen LogP contribution in [-0.4, -0.2) is 54.7 Å². The van der Waals surface area contributed by atoms with Gasteiger partial charge in [0.25, 0.3) is 0 Å². The van der Waals surface area contributed by atoms with E-state index in [0.717, 1.165) is 39.2 Å². The van der Waals surface area contributed by atoms with Crippen LogP contribution in [-0.2, 0) is 9.53 Å². The lowest BCUT2D eigenvalue weighted by atomic mass is 10.3. The van der Waals surface area contributed by atoms with Crippen LogP contribution in [0.15, 0.2) is 0 Å². The Kier molecular flexibility index (Phi) is 5.77. The molecular formula is C12H24N2O2. The zero-order valence-corrected chi connectivity index (χ0v) is 10.7. The van der Waals surface area contributed by atoms with Crippen LogP contribution >= 0.6 is 0 Å². The Labute approximate surface area is 98.5 Å². The maximum Gasteiger partial charge on any atom is 0.222 e. The summed E-state index contributed by atoms with van der Waals surface area (Å²) >= 11 is 0. The maximum atomic E-state index is 11.6. The Bertz CT molecular complexity index is 221. The van der Waals surface area contributed by atoms with Gasteiger partial charge in [-0.2, -0.15) is 0 Å². The molecule has 4 heteroatoms. The number of amides is 1. The third-order valence-electron chi connectivity index (χ3n) is 3.14. The summed E-state index contributed by atoms with van der Waals surface area (Å²) in [6.07, 6.45) is 1.88. The third-order valence-corrected chi connectivity index (χ3v) is 3.14. The average Bonchev–Trinajstić information content (AvgIpc) is 2.76. The SMILES string of the molecule is CCC(=O)N(CC)CCN1CCOC1CC. The highest BCUT2D eigenvalue weighted by molar-refractivity contribution is 5.75. The second-order valence-electron chi connectivity index (χ2n) is 4.10. The highest BCUT2D eigenvalue weighted by Gasteiger charge is 2.23. The minimum Gasteiger partial charge on any atom is -0.362 e. The fourth-order valence-corrected chi connectivity index (χ4v) is 2.12. The van der Waals surface area contributed by atoms with Crippen LogP contribution in [0.1, 0.15) is 33.6 Å². The number of nitrogens with zero attached hydrogens (tertiary/aromatic N) is 2. The summed E-state index contributed by atoms with van der Waals surface area (Å²) in [4.78, 5) is 15.8. The fraction of sp³-hybridized carbons (Fsp3) is 0.917. The van der Waals surface area contributed by atoms with Gasteiger partial charge in [-0.1, -0.05) is 13.8 Å². The van der Waals surface area contributed by atoms with E-state index in [1.165, 1.54) is 0 Å². The number of carbonyl (C=O) groups is 1. The van der Waals surface area contributed by atoms with Crippen LogP contribution in [0.3, 0.4) is 0 Å². The van der Waals surface area contributed by atoms with Crippen molar-refractivity contribution >= 4 is 5.91 Å². The van der Waals surface area contributed by atoms with Crippen molar-refractivity contribution in [3.8, 4) is 0 Å². The Hall–Kier alpha value is -0.610. The zero-order valence-electron chi connectivity index (χ0n) is 10.7. The van der Waals surface area contributed by atoms with Crippen LogP contribution in [0.5, 0.6) is 0 Å². The molecule has 1 saturated heterocycles. The molecule has 1 heterocycles. The molecule has 0 spiro atoms. The van der Waals surface area contributed by atoms with Gasteiger partial charge in [0.2, 0.25) is 5.91 Å². The molecule has 1 unspecified atom stereocenters. The molecule has 16 heavy (non-hydrogen) atoms. The minimum absolute atomic E-state index is 0.246. The van der Waals surface area contributed by atoms with E-state index in [1.54, 1.807) is 0 Å². The molecule has 1 rings (SSSR count). The van der Waals surface area contributed by atoms with Crippen LogP contribution in [0, 0.1) is 0 Å². The van der Waals surface area contributed by atoms with Crippen LogP contribution in [0.4, 0.5) is 0 Å². The highest BCUT2D eigenvalue weighted by atomic mass is 16.5. The summed E-state index contributed by atoms with van der Waals surface area (Å²) in [7, 11) is 0. The van der Waals surface area contributed by atoms with Crippen LogP contribution in [0.2, 0.25) is 0 Å². The predicted molar refractivity (Wildman–Crippen MR) is 64.1 cm³/mol. The molecule has 4 nitrogen and oxygen atoms in total. The first-order valence-electron chi connectivity index (χ1n) is 6.36. The van der Waals surface area contributed by atoms with Gasteiger partial charge in [0, 0.05) is 32.6 Å². The Morgan fingerprint density at radius 1 is 1.44 bits per heavy atom. The molecule has 0 radical (unpaired) electrons. The van der Waals surface area contributed by atoms with E-state index in [-0.39, 0.29) is 12.1 Å². The molecule has 1 fully saturated rings. The van der Waals surface area contributed by atoms with E-state index in [0.29, 0.717) is 6.42 Å². The quantitative estimate of drug-likeness (QED) is 0.687. The summed E-state index contributed by atoms with van der Waals surface area (Å²) in [5, 5.41) is 0. The summed E-state index contributed by atoms with van der Waals surface area (Å²) in [5.74, 6) is 0.246. The molecule has 1 atom stereocenters. The molecule has 0 aromatic rings. The zero-order chi connectivity index (χ0) is 12.0. The monoisotopic (exact) mass is 228 g/mol. The molecule has 94 valence electrons. The molecule has 0 aliphatic carbocycles. The summed E-state index contributed by atoms with van der Waals surface area (Å²) in [5.41, 5.74) is 0. The Morgan fingerprint density at radius 3 is 2.75 bits per heavy atom. The van der Waals surface area contributed by atoms with Gasteiger partial charge in [-0.25, -0.2) is 0 Å². The smallest absolute Gasteiger partial charge is 0.222 e. The van der Waals surface area contributed by atoms with E-state index in [2.05, 4.69) is 11.8 Å². The van der Waals surface area contributed by atoms with Crippen molar-refractivity contribution in [2.45, 2.75) is 39.8 Å². The molecule has 0 aromatic carbocycles. The van der Waals surface area contributed by atoms with E-state index in [9.17, 15) is 4.79 Å². The predicted octanol–water partition coefficient (Wildman–Crippen LogP) is 1.31. The van der Waals surface area contributed by atoms with E-state index in [4.69, 9.17) is 4.74 Å². The van der Waals surface area contributed by atoms with Crippen molar-refractivity contribution in [3.63, 3.8) is 0 Å². The van der Waals surface area contributed by atoms with E-state index in [1.807, 2.05) is 18.7 Å². The highest BCUT2D eigenvalue weighted by Crippen LogP contribution is 2.12. The molecule has 0 bridgehead atoms. The standard InChI is InChI=1S/C12H24N2O2/c1-4-11(15)13(6-3)7-8-14-9-10-16-12(14)5-2/h12H,4-10H2,1-3H3. The number of carbonyl (C=O) groups excluding carboxylic acids is 1. The van der Waals surface area contributed by atoms with Gasteiger partial charge in [0.15, 0.2) is 0 Å². The third kappa shape index (κ3) is 3.46. The second kappa shape index (κ2) is 6.86. The summed E-state index contributed by atoms with van der Waals surface area (Å²) in [6, 6.07) is 0. The van der Waals surface area contributed by atoms with Crippen molar-refractivity contribution in [1.29, 1.82) is 0 Å². The number of likely N-dealkylation sites (N-methyl/N-ethyl adjacent to an activating group) is 1. The molecule has 1 aliphatic rings. The van der Waals surface area contributed by atoms with Gasteiger partial charge in [-0.3, -0.25) is 9.69 Å². The van der Waals surface area contributed by atoms with Crippen molar-refractivity contribution in [2.75, 3.05) is 32.8 Å². The lowest BCUT2D eigenvalue weighted by molar-refractivity contribution is -0.131. The molecule has 0 aromatic heterocycles. The van der Waals surface area contributed by atoms with Crippen molar-refractivity contribution in [1.82, 2.24) is 9.80 Å². The van der Waals surface area contributed by atoms with Crippen molar-refractivity contribution in [3.05, 3.63) is 0 Å². The van der Waals surface area contributed by atoms with Gasteiger partial charge in [0.1, 0.15) is 6.23 Å². The number of hydrogen-bond acceptors (Lipinski definition) is 3. The fourth-order valence-electron chi connectivity index (χ4n) is 2.12. The molecular weight excluding hydrogens is 204 g/mol. The van der Waals surface area contributed by atoms with Gasteiger partial charge >= 0.3 is 0 Å². The maximum absolute atomic E-state index is 11.6.